The van der Waals surface area contributed by atoms with Crippen LogP contribution in [0.25, 0.3) is 16.8 Å². The van der Waals surface area contributed by atoms with Crippen LogP contribution in [-0.2, 0) is 16.2 Å². The molecule has 4 amide bonds. The molecule has 1 aliphatic rings. The Morgan fingerprint density at radius 1 is 0.974 bits per heavy atom. The Kier molecular flexibility index (Phi) is 8.17. The van der Waals surface area contributed by atoms with Gasteiger partial charge >= 0.3 is 6.03 Å². The Bertz CT molecular complexity index is 1610. The number of imide groups is 1. The van der Waals surface area contributed by atoms with Crippen molar-refractivity contribution in [3.8, 4) is 5.75 Å². The van der Waals surface area contributed by atoms with Crippen LogP contribution in [0.2, 0.25) is 0 Å². The number of hydrogen-bond donors (Lipinski definition) is 2. The third kappa shape index (κ3) is 6.25. The number of fused-ring (bicyclic) bond motifs is 1. The zero-order chi connectivity index (χ0) is 27.5. The Hall–Kier alpha value is -3.45. The Balaban J connectivity index is 1.27. The molecule has 2 N–H and O–H groups in total. The predicted octanol–water partition coefficient (Wildman–Crippen LogP) is 6.47. The maximum atomic E-state index is 12.9. The molecular formula is C30H23I2N3O4. The number of aryl methyl sites for hydroxylation is 1. The molecule has 4 aromatic rings. The van der Waals surface area contributed by atoms with E-state index in [4.69, 9.17) is 4.74 Å². The monoisotopic (exact) mass is 743 g/mol. The number of nitrogens with one attached hydrogen (secondary N) is 2. The molecule has 0 atom stereocenters. The zero-order valence-corrected chi connectivity index (χ0v) is 25.1. The number of anilines is 1. The van der Waals surface area contributed by atoms with Crippen molar-refractivity contribution in [1.29, 1.82) is 0 Å². The van der Waals surface area contributed by atoms with E-state index < -0.39 is 17.8 Å². The number of nitrogens with zero attached hydrogens (tertiary/aromatic N) is 1. The lowest BCUT2D eigenvalue weighted by Gasteiger charge is -2.13. The molecule has 0 spiro atoms. The average Bonchev–Trinajstić information content (AvgIpc) is 3.16. The summed E-state index contributed by atoms with van der Waals surface area (Å²) in [5.41, 5.74) is 3.60. The number of ether oxygens (including phenoxy) is 1. The lowest BCUT2D eigenvalue weighted by molar-refractivity contribution is -0.127. The number of urea groups is 1. The topological polar surface area (TPSA) is 87.7 Å². The van der Waals surface area contributed by atoms with Gasteiger partial charge in [0.1, 0.15) is 24.6 Å². The number of amides is 4. The predicted molar refractivity (Wildman–Crippen MR) is 168 cm³/mol. The summed E-state index contributed by atoms with van der Waals surface area (Å²) in [5.74, 6) is -0.261. The van der Waals surface area contributed by atoms with Gasteiger partial charge in [-0.2, -0.15) is 0 Å². The summed E-state index contributed by atoms with van der Waals surface area (Å²) in [7, 11) is 0. The molecule has 0 unspecified atom stereocenters. The van der Waals surface area contributed by atoms with E-state index in [1.165, 1.54) is 0 Å². The molecule has 0 aliphatic carbocycles. The second-order valence-corrected chi connectivity index (χ2v) is 11.4. The minimum absolute atomic E-state index is 0.110. The molecular weight excluding hydrogens is 720 g/mol. The van der Waals surface area contributed by atoms with Gasteiger partial charge in [0.15, 0.2) is 0 Å². The molecule has 0 saturated carbocycles. The van der Waals surface area contributed by atoms with Crippen LogP contribution in [-0.4, -0.2) is 29.3 Å². The average molecular weight is 743 g/mol. The molecule has 7 nitrogen and oxygen atoms in total. The van der Waals surface area contributed by atoms with E-state index in [9.17, 15) is 14.4 Å². The van der Waals surface area contributed by atoms with Gasteiger partial charge in [-0.15, -0.1) is 0 Å². The van der Waals surface area contributed by atoms with Gasteiger partial charge in [-0.05, 0) is 104 Å². The SMILES string of the molecule is Cc1ccc(NC(=O)CN2C(=O)N/C(=C/c3cc(I)c(OCc4cccc5ccccc45)c(I)c3)C2=O)cc1. The molecule has 1 aliphatic heterocycles. The summed E-state index contributed by atoms with van der Waals surface area (Å²) in [6.45, 7) is 1.98. The van der Waals surface area contributed by atoms with Gasteiger partial charge in [0.05, 0.1) is 7.14 Å². The summed E-state index contributed by atoms with van der Waals surface area (Å²) in [6, 6.07) is 24.8. The second kappa shape index (κ2) is 11.7. The molecule has 1 fully saturated rings. The highest BCUT2D eigenvalue weighted by atomic mass is 127. The van der Waals surface area contributed by atoms with Crippen LogP contribution >= 0.6 is 45.2 Å². The highest BCUT2D eigenvalue weighted by Gasteiger charge is 2.35. The van der Waals surface area contributed by atoms with Crippen LogP contribution in [0.15, 0.2) is 84.6 Å². The molecule has 0 bridgehead atoms. The van der Waals surface area contributed by atoms with Gasteiger partial charge in [-0.25, -0.2) is 9.69 Å². The number of halogens is 2. The third-order valence-corrected chi connectivity index (χ3v) is 7.79. The number of benzene rings is 4. The van der Waals surface area contributed by atoms with E-state index in [2.05, 4.69) is 80.1 Å². The molecule has 5 rings (SSSR count). The van der Waals surface area contributed by atoms with Crippen molar-refractivity contribution >= 4 is 85.6 Å². The molecule has 1 saturated heterocycles. The van der Waals surface area contributed by atoms with Gasteiger partial charge < -0.3 is 15.4 Å². The van der Waals surface area contributed by atoms with E-state index in [-0.39, 0.29) is 12.2 Å². The largest absolute Gasteiger partial charge is 0.487 e. The normalized spacial score (nSPS) is 14.1. The molecule has 4 aromatic carbocycles. The summed E-state index contributed by atoms with van der Waals surface area (Å²) >= 11 is 4.41. The minimum atomic E-state index is -0.634. The van der Waals surface area contributed by atoms with Crippen LogP contribution in [0.5, 0.6) is 5.75 Å². The number of hydrogen-bond acceptors (Lipinski definition) is 4. The van der Waals surface area contributed by atoms with E-state index >= 15 is 0 Å². The van der Waals surface area contributed by atoms with Gasteiger partial charge in [0.2, 0.25) is 5.91 Å². The standard InChI is InChI=1S/C30H23I2N3O4/c1-18-9-11-22(12-10-18)33-27(36)16-35-29(37)26(34-30(35)38)15-19-13-24(31)28(25(32)14-19)39-17-21-7-4-6-20-5-2-3-8-23(20)21/h2-15H,16-17H2,1H3,(H,33,36)(H,34,38)/b26-15+. The van der Waals surface area contributed by atoms with Crippen molar-refractivity contribution in [2.75, 3.05) is 11.9 Å². The lowest BCUT2D eigenvalue weighted by Crippen LogP contribution is -2.38. The second-order valence-electron chi connectivity index (χ2n) is 9.03. The van der Waals surface area contributed by atoms with Crippen molar-refractivity contribution < 1.29 is 19.1 Å². The first-order chi connectivity index (χ1) is 18.8. The quantitative estimate of drug-likeness (QED) is 0.129. The van der Waals surface area contributed by atoms with E-state index in [0.29, 0.717) is 12.3 Å². The molecule has 39 heavy (non-hydrogen) atoms. The zero-order valence-electron chi connectivity index (χ0n) is 20.8. The van der Waals surface area contributed by atoms with Gasteiger partial charge in [-0.3, -0.25) is 9.59 Å². The highest BCUT2D eigenvalue weighted by molar-refractivity contribution is 14.1. The first-order valence-electron chi connectivity index (χ1n) is 12.1. The van der Waals surface area contributed by atoms with Crippen molar-refractivity contribution in [3.63, 3.8) is 0 Å². The number of rotatable bonds is 7. The molecule has 9 heteroatoms. The molecule has 0 radical (unpaired) electrons. The molecule has 0 aromatic heterocycles. The van der Waals surface area contributed by atoms with Gasteiger partial charge in [-0.1, -0.05) is 60.2 Å². The maximum absolute atomic E-state index is 12.9. The van der Waals surface area contributed by atoms with Gasteiger partial charge in [0, 0.05) is 5.69 Å². The number of carbonyl (C=O) groups is 3. The summed E-state index contributed by atoms with van der Waals surface area (Å²) in [5, 5.41) is 7.60. The van der Waals surface area contributed by atoms with Crippen LogP contribution in [0.1, 0.15) is 16.7 Å². The van der Waals surface area contributed by atoms with E-state index in [1.54, 1.807) is 18.2 Å². The Morgan fingerprint density at radius 3 is 2.41 bits per heavy atom. The summed E-state index contributed by atoms with van der Waals surface area (Å²) in [4.78, 5) is 38.7. The Labute approximate surface area is 252 Å². The highest BCUT2D eigenvalue weighted by Crippen LogP contribution is 2.31. The lowest BCUT2D eigenvalue weighted by atomic mass is 10.1. The van der Waals surface area contributed by atoms with Crippen molar-refractivity contribution in [3.05, 3.63) is 108 Å². The fourth-order valence-electron chi connectivity index (χ4n) is 4.23. The summed E-state index contributed by atoms with van der Waals surface area (Å²) in [6.07, 6.45) is 1.61. The minimum Gasteiger partial charge on any atom is -0.487 e. The first-order valence-corrected chi connectivity index (χ1v) is 14.2. The van der Waals surface area contributed by atoms with E-state index in [0.717, 1.165) is 45.3 Å². The van der Waals surface area contributed by atoms with Crippen molar-refractivity contribution in [2.45, 2.75) is 13.5 Å². The molecule has 1 heterocycles. The summed E-state index contributed by atoms with van der Waals surface area (Å²) < 4.78 is 7.96. The van der Waals surface area contributed by atoms with Gasteiger partial charge in [0.25, 0.3) is 5.91 Å². The van der Waals surface area contributed by atoms with Crippen LogP contribution < -0.4 is 15.4 Å². The maximum Gasteiger partial charge on any atom is 0.329 e. The van der Waals surface area contributed by atoms with Crippen molar-refractivity contribution in [2.24, 2.45) is 0 Å². The first kappa shape index (κ1) is 27.1. The third-order valence-electron chi connectivity index (χ3n) is 6.18. The van der Waals surface area contributed by atoms with Crippen molar-refractivity contribution in [1.82, 2.24) is 10.2 Å². The van der Waals surface area contributed by atoms with Crippen LogP contribution in [0, 0.1) is 14.1 Å². The van der Waals surface area contributed by atoms with Crippen LogP contribution in [0.4, 0.5) is 10.5 Å². The van der Waals surface area contributed by atoms with Crippen LogP contribution in [0.3, 0.4) is 0 Å². The number of carbonyl (C=O) groups excluding carboxylic acids is 3. The fraction of sp³-hybridized carbons (Fsp3) is 0.100. The van der Waals surface area contributed by atoms with E-state index in [1.807, 2.05) is 49.4 Å². The fourth-order valence-corrected chi connectivity index (χ4v) is 6.36. The Morgan fingerprint density at radius 2 is 1.67 bits per heavy atom. The smallest absolute Gasteiger partial charge is 0.329 e. The molecule has 196 valence electrons.